The zero-order valence-electron chi connectivity index (χ0n) is 9.41. The van der Waals surface area contributed by atoms with E-state index in [2.05, 4.69) is 5.32 Å². The fourth-order valence-electron chi connectivity index (χ4n) is 1.87. The van der Waals surface area contributed by atoms with Gasteiger partial charge in [0.25, 0.3) is 0 Å². The van der Waals surface area contributed by atoms with Crippen LogP contribution in [0.15, 0.2) is 12.1 Å². The van der Waals surface area contributed by atoms with E-state index in [1.807, 2.05) is 0 Å². The number of benzene rings is 1. The van der Waals surface area contributed by atoms with Crippen LogP contribution in [-0.4, -0.2) is 30.1 Å². The fourth-order valence-corrected chi connectivity index (χ4v) is 1.87. The number of likely N-dealkylation sites (N-methyl/N-ethyl adjacent to an activating group) is 1. The first-order valence-corrected chi connectivity index (χ1v) is 5.15. The summed E-state index contributed by atoms with van der Waals surface area (Å²) in [5, 5.41) is 11.2. The zero-order valence-corrected chi connectivity index (χ0v) is 9.41. The lowest BCUT2D eigenvalue weighted by Gasteiger charge is -2.32. The van der Waals surface area contributed by atoms with Crippen molar-refractivity contribution in [2.24, 2.45) is 0 Å². The summed E-state index contributed by atoms with van der Waals surface area (Å²) in [6.45, 7) is 0. The first-order valence-electron chi connectivity index (χ1n) is 5.15. The molecule has 2 rings (SSSR count). The summed E-state index contributed by atoms with van der Waals surface area (Å²) in [4.78, 5) is 23.5. The molecule has 0 aromatic heterocycles. The molecule has 0 saturated carbocycles. The predicted octanol–water partition coefficient (Wildman–Crippen LogP) is 1.20. The molecule has 0 aliphatic carbocycles. The maximum Gasteiger partial charge on any atom is 0.305 e. The number of hydrogen-bond acceptors (Lipinski definition) is 3. The first-order chi connectivity index (χ1) is 8.40. The van der Waals surface area contributed by atoms with E-state index in [0.717, 1.165) is 11.0 Å². The van der Waals surface area contributed by atoms with Crippen molar-refractivity contribution in [3.8, 4) is 0 Å². The number of amides is 1. The van der Waals surface area contributed by atoms with E-state index in [-0.39, 0.29) is 11.4 Å². The predicted molar refractivity (Wildman–Crippen MR) is 59.4 cm³/mol. The molecule has 2 N–H and O–H groups in total. The molecular formula is C11H10F2N2O3. The molecule has 1 aliphatic heterocycles. The number of carboxylic acid groups (broad SMARTS) is 1. The van der Waals surface area contributed by atoms with E-state index in [0.29, 0.717) is 6.07 Å². The summed E-state index contributed by atoms with van der Waals surface area (Å²) < 4.78 is 26.6. The van der Waals surface area contributed by atoms with Crippen molar-refractivity contribution < 1.29 is 23.5 Å². The van der Waals surface area contributed by atoms with Crippen molar-refractivity contribution in [3.05, 3.63) is 23.8 Å². The lowest BCUT2D eigenvalue weighted by molar-refractivity contribution is -0.138. The smallest absolute Gasteiger partial charge is 0.305 e. The maximum atomic E-state index is 13.6. The maximum absolute atomic E-state index is 13.6. The molecule has 0 fully saturated rings. The average molecular weight is 256 g/mol. The van der Waals surface area contributed by atoms with Gasteiger partial charge in [0, 0.05) is 13.1 Å². The Hall–Kier alpha value is -2.18. The highest BCUT2D eigenvalue weighted by Crippen LogP contribution is 2.34. The van der Waals surface area contributed by atoms with Gasteiger partial charge in [0.2, 0.25) is 5.91 Å². The van der Waals surface area contributed by atoms with Gasteiger partial charge in [0.05, 0.1) is 17.8 Å². The molecule has 1 unspecified atom stereocenters. The van der Waals surface area contributed by atoms with Crippen molar-refractivity contribution in [1.29, 1.82) is 0 Å². The van der Waals surface area contributed by atoms with Gasteiger partial charge in [0.15, 0.2) is 5.82 Å². The first kappa shape index (κ1) is 12.3. The monoisotopic (exact) mass is 256 g/mol. The van der Waals surface area contributed by atoms with E-state index < -0.39 is 36.0 Å². The molecule has 0 spiro atoms. The number of anilines is 2. The van der Waals surface area contributed by atoms with Crippen LogP contribution in [0.4, 0.5) is 20.2 Å². The Labute approximate surface area is 101 Å². The van der Waals surface area contributed by atoms with Crippen LogP contribution in [0.3, 0.4) is 0 Å². The van der Waals surface area contributed by atoms with Crippen LogP contribution in [0.25, 0.3) is 0 Å². The number of carbonyl (C=O) groups excluding carboxylic acids is 1. The van der Waals surface area contributed by atoms with Gasteiger partial charge in [-0.2, -0.15) is 0 Å². The molecular weight excluding hydrogens is 246 g/mol. The Morgan fingerprint density at radius 2 is 2.17 bits per heavy atom. The van der Waals surface area contributed by atoms with Gasteiger partial charge in [-0.1, -0.05) is 0 Å². The van der Waals surface area contributed by atoms with E-state index >= 15 is 0 Å². The molecule has 18 heavy (non-hydrogen) atoms. The van der Waals surface area contributed by atoms with E-state index in [4.69, 9.17) is 5.11 Å². The van der Waals surface area contributed by atoms with Crippen LogP contribution in [0.1, 0.15) is 6.42 Å². The quantitative estimate of drug-likeness (QED) is 0.834. The molecule has 0 bridgehead atoms. The molecule has 1 aliphatic rings. The van der Waals surface area contributed by atoms with Gasteiger partial charge >= 0.3 is 5.97 Å². The average Bonchev–Trinajstić information content (AvgIpc) is 2.26. The largest absolute Gasteiger partial charge is 0.481 e. The van der Waals surface area contributed by atoms with Gasteiger partial charge in [0.1, 0.15) is 11.9 Å². The molecule has 0 radical (unpaired) electrons. The number of hydrogen-bond donors (Lipinski definition) is 2. The minimum atomic E-state index is -1.18. The Morgan fingerprint density at radius 3 is 2.78 bits per heavy atom. The second-order valence-corrected chi connectivity index (χ2v) is 3.97. The summed E-state index contributed by atoms with van der Waals surface area (Å²) in [6.07, 6.45) is -0.473. The molecule has 7 heteroatoms. The number of carbonyl (C=O) groups is 2. The molecule has 1 atom stereocenters. The molecule has 1 aromatic rings. The van der Waals surface area contributed by atoms with Crippen molar-refractivity contribution in [3.63, 3.8) is 0 Å². The second-order valence-electron chi connectivity index (χ2n) is 3.97. The van der Waals surface area contributed by atoms with Crippen molar-refractivity contribution in [2.45, 2.75) is 12.5 Å². The summed E-state index contributed by atoms with van der Waals surface area (Å²) >= 11 is 0. The number of nitrogens with zero attached hydrogens (tertiary/aromatic N) is 1. The summed E-state index contributed by atoms with van der Waals surface area (Å²) in [5.74, 6) is -3.39. The Bertz CT molecular complexity index is 533. The molecule has 1 heterocycles. The Kier molecular flexibility index (Phi) is 2.90. The van der Waals surface area contributed by atoms with Crippen molar-refractivity contribution in [1.82, 2.24) is 0 Å². The topological polar surface area (TPSA) is 69.6 Å². The summed E-state index contributed by atoms with van der Waals surface area (Å²) in [6, 6.07) is 0.633. The number of carboxylic acids is 1. The highest BCUT2D eigenvalue weighted by Gasteiger charge is 2.33. The summed E-state index contributed by atoms with van der Waals surface area (Å²) in [5.41, 5.74) is -0.0103. The number of fused-ring (bicyclic) bond motifs is 1. The van der Waals surface area contributed by atoms with Gasteiger partial charge in [-0.3, -0.25) is 9.59 Å². The number of rotatable bonds is 2. The van der Waals surface area contributed by atoms with Crippen LogP contribution < -0.4 is 10.2 Å². The number of aliphatic carboxylic acids is 1. The number of halogens is 2. The van der Waals surface area contributed by atoms with Gasteiger partial charge in [-0.25, -0.2) is 8.78 Å². The minimum absolute atomic E-state index is 0.0548. The van der Waals surface area contributed by atoms with Gasteiger partial charge in [-0.15, -0.1) is 0 Å². The third-order valence-electron chi connectivity index (χ3n) is 2.72. The SMILES string of the molecule is CN1C(=O)C(CC(=O)O)Nc2c(F)cc(F)cc21. The van der Waals surface area contributed by atoms with Crippen molar-refractivity contribution >= 4 is 23.3 Å². The second kappa shape index (κ2) is 4.25. The normalized spacial score (nSPS) is 18.3. The molecule has 5 nitrogen and oxygen atoms in total. The summed E-state index contributed by atoms with van der Waals surface area (Å²) in [7, 11) is 1.34. The minimum Gasteiger partial charge on any atom is -0.481 e. The highest BCUT2D eigenvalue weighted by molar-refractivity contribution is 6.05. The molecule has 96 valence electrons. The Morgan fingerprint density at radius 1 is 1.50 bits per heavy atom. The molecule has 1 aromatic carbocycles. The van der Waals surface area contributed by atoms with E-state index in [1.165, 1.54) is 7.05 Å². The van der Waals surface area contributed by atoms with Gasteiger partial charge in [-0.05, 0) is 6.07 Å². The highest BCUT2D eigenvalue weighted by atomic mass is 19.1. The molecule has 1 amide bonds. The fraction of sp³-hybridized carbons (Fsp3) is 0.273. The standard InChI is InChI=1S/C11H10F2N2O3/c1-15-8-3-5(12)2-6(13)10(8)14-7(11(15)18)4-9(16)17/h2-3,7,14H,4H2,1H3,(H,16,17). The number of nitrogens with one attached hydrogen (secondary N) is 1. The van der Waals surface area contributed by atoms with Crippen LogP contribution >= 0.6 is 0 Å². The van der Waals surface area contributed by atoms with Crippen molar-refractivity contribution in [2.75, 3.05) is 17.3 Å². The van der Waals surface area contributed by atoms with Crippen LogP contribution in [0.2, 0.25) is 0 Å². The van der Waals surface area contributed by atoms with Gasteiger partial charge < -0.3 is 15.3 Å². The lowest BCUT2D eigenvalue weighted by atomic mass is 10.1. The third-order valence-corrected chi connectivity index (χ3v) is 2.72. The van der Waals surface area contributed by atoms with E-state index in [9.17, 15) is 18.4 Å². The third kappa shape index (κ3) is 1.99. The molecule has 0 saturated heterocycles. The van der Waals surface area contributed by atoms with Crippen LogP contribution in [0.5, 0.6) is 0 Å². The van der Waals surface area contributed by atoms with Crippen LogP contribution in [0, 0.1) is 11.6 Å². The lowest BCUT2D eigenvalue weighted by Crippen LogP contribution is -2.46. The van der Waals surface area contributed by atoms with Crippen LogP contribution in [-0.2, 0) is 9.59 Å². The zero-order chi connectivity index (χ0) is 13.4. The van der Waals surface area contributed by atoms with E-state index in [1.54, 1.807) is 0 Å². The Balaban J connectivity index is 2.44.